The monoisotopic (exact) mass is 538 g/mol. The van der Waals surface area contributed by atoms with Crippen LogP contribution in [0.5, 0.6) is 11.5 Å². The molecular weight excluding hydrogens is 503 g/mol. The van der Waals surface area contributed by atoms with Crippen LogP contribution >= 0.6 is 24.0 Å². The average molecular weight is 538 g/mol. The van der Waals surface area contributed by atoms with Crippen LogP contribution in [0, 0.1) is 0 Å². The van der Waals surface area contributed by atoms with Gasteiger partial charge in [0.15, 0.2) is 17.5 Å². The minimum atomic E-state index is 0. The Hall–Kier alpha value is -2.00. The molecule has 0 unspecified atom stereocenters. The lowest BCUT2D eigenvalue weighted by Crippen LogP contribution is -2.33. The van der Waals surface area contributed by atoms with Crippen LogP contribution in [0.25, 0.3) is 0 Å². The van der Waals surface area contributed by atoms with Crippen LogP contribution in [0.4, 0.5) is 5.69 Å². The Kier molecular flexibility index (Phi) is 10.4. The number of hydrogen-bond donors (Lipinski definition) is 2. The summed E-state index contributed by atoms with van der Waals surface area (Å²) in [4.78, 5) is 7.05. The number of nitrogens with two attached hydrogens (primary N) is 1. The number of anilines is 1. The van der Waals surface area contributed by atoms with Gasteiger partial charge in [0.25, 0.3) is 0 Å². The predicted molar refractivity (Wildman–Crippen MR) is 139 cm³/mol. The van der Waals surface area contributed by atoms with E-state index in [4.69, 9.17) is 15.2 Å². The van der Waals surface area contributed by atoms with Crippen LogP contribution in [0.2, 0.25) is 0 Å². The molecule has 0 heterocycles. The first-order valence-corrected chi connectivity index (χ1v) is 10.7. The number of nitrogens with zero attached hydrogens (tertiary/aromatic N) is 2. The first kappa shape index (κ1) is 25.3. The summed E-state index contributed by atoms with van der Waals surface area (Å²) >= 11 is 0. The minimum Gasteiger partial charge on any atom is -0.493 e. The molecule has 3 N–H and O–H groups in total. The molecule has 31 heavy (non-hydrogen) atoms. The Labute approximate surface area is 203 Å². The van der Waals surface area contributed by atoms with Crippen molar-refractivity contribution >= 4 is 35.6 Å². The molecule has 2 aromatic rings. The molecule has 170 valence electrons. The fourth-order valence-electron chi connectivity index (χ4n) is 4.06. The smallest absolute Gasteiger partial charge is 0.193 e. The van der Waals surface area contributed by atoms with Crippen molar-refractivity contribution in [1.29, 1.82) is 0 Å². The third kappa shape index (κ3) is 7.28. The Balaban J connectivity index is 0.00000341. The molecule has 0 aromatic heterocycles. The van der Waals surface area contributed by atoms with Crippen molar-refractivity contribution in [1.82, 2.24) is 4.90 Å². The summed E-state index contributed by atoms with van der Waals surface area (Å²) in [6, 6.07) is 14.7. The highest BCUT2D eigenvalue weighted by Crippen LogP contribution is 2.29. The zero-order chi connectivity index (χ0) is 21.3. The highest BCUT2D eigenvalue weighted by molar-refractivity contribution is 14.0. The minimum absolute atomic E-state index is 0. The van der Waals surface area contributed by atoms with Gasteiger partial charge in [-0.15, -0.1) is 24.0 Å². The van der Waals surface area contributed by atoms with Crippen LogP contribution in [0.15, 0.2) is 47.5 Å². The zero-order valence-corrected chi connectivity index (χ0v) is 21.1. The molecule has 1 saturated carbocycles. The van der Waals surface area contributed by atoms with Gasteiger partial charge in [0, 0.05) is 24.3 Å². The highest BCUT2D eigenvalue weighted by Gasteiger charge is 2.18. The molecule has 2 aromatic carbocycles. The van der Waals surface area contributed by atoms with Gasteiger partial charge in [-0.1, -0.05) is 43.5 Å². The second-order valence-corrected chi connectivity index (χ2v) is 7.87. The van der Waals surface area contributed by atoms with E-state index in [1.54, 1.807) is 14.2 Å². The molecule has 0 bridgehead atoms. The molecule has 1 aliphatic carbocycles. The summed E-state index contributed by atoms with van der Waals surface area (Å²) in [5.74, 6) is 1.69. The number of methoxy groups -OCH3 is 2. The maximum absolute atomic E-state index is 6.14. The number of hydrogen-bond acceptors (Lipinski definition) is 4. The number of benzene rings is 2. The van der Waals surface area contributed by atoms with Gasteiger partial charge in [-0.05, 0) is 43.1 Å². The Morgan fingerprint density at radius 3 is 2.39 bits per heavy atom. The molecule has 0 spiro atoms. The van der Waals surface area contributed by atoms with Crippen LogP contribution < -0.4 is 20.5 Å². The van der Waals surface area contributed by atoms with Crippen LogP contribution in [0.3, 0.4) is 0 Å². The van der Waals surface area contributed by atoms with E-state index in [1.165, 1.54) is 43.2 Å². The van der Waals surface area contributed by atoms with Gasteiger partial charge in [0.2, 0.25) is 0 Å². The Morgan fingerprint density at radius 1 is 1.03 bits per heavy atom. The molecule has 7 heteroatoms. The molecule has 1 fully saturated rings. The quantitative estimate of drug-likeness (QED) is 0.281. The second-order valence-electron chi connectivity index (χ2n) is 7.87. The van der Waals surface area contributed by atoms with Gasteiger partial charge >= 0.3 is 0 Å². The van der Waals surface area contributed by atoms with Crippen molar-refractivity contribution in [3.8, 4) is 11.5 Å². The fraction of sp³-hybridized carbons (Fsp3) is 0.458. The van der Waals surface area contributed by atoms with Gasteiger partial charge in [-0.2, -0.15) is 0 Å². The topological polar surface area (TPSA) is 72.1 Å². The van der Waals surface area contributed by atoms with Crippen LogP contribution in [-0.2, 0) is 13.1 Å². The maximum atomic E-state index is 6.14. The molecule has 0 atom stereocenters. The fourth-order valence-corrected chi connectivity index (χ4v) is 4.06. The predicted octanol–water partition coefficient (Wildman–Crippen LogP) is 5.01. The largest absolute Gasteiger partial charge is 0.493 e. The standard InChI is InChI=1S/C24H34N4O2.HI/c1-28(21-11-5-4-6-12-21)17-19-10-8-7-9-18(19)16-26-24(25)27-20-13-14-22(29-2)23(15-20)30-3;/h7-10,13-15,21H,4-6,11-12,16-17H2,1-3H3,(H3,25,26,27);1H. The van der Waals surface area contributed by atoms with E-state index in [0.29, 0.717) is 30.0 Å². The summed E-state index contributed by atoms with van der Waals surface area (Å²) in [6.45, 7) is 1.49. The average Bonchev–Trinajstić information content (AvgIpc) is 2.79. The van der Waals surface area contributed by atoms with Crippen molar-refractivity contribution < 1.29 is 9.47 Å². The van der Waals surface area contributed by atoms with Crippen molar-refractivity contribution in [3.05, 3.63) is 53.6 Å². The SMILES string of the molecule is COc1ccc(NC(N)=NCc2ccccc2CN(C)C2CCCCC2)cc1OC.I. The van der Waals surface area contributed by atoms with E-state index >= 15 is 0 Å². The van der Waals surface area contributed by atoms with E-state index in [1.807, 2.05) is 18.2 Å². The number of halogens is 1. The second kappa shape index (κ2) is 12.8. The van der Waals surface area contributed by atoms with E-state index in [-0.39, 0.29) is 24.0 Å². The van der Waals surface area contributed by atoms with Gasteiger partial charge in [-0.3, -0.25) is 4.90 Å². The highest BCUT2D eigenvalue weighted by atomic mass is 127. The molecule has 3 rings (SSSR count). The first-order chi connectivity index (χ1) is 14.6. The lowest BCUT2D eigenvalue weighted by Gasteiger charge is -2.31. The summed E-state index contributed by atoms with van der Waals surface area (Å²) in [5, 5.41) is 3.13. The number of ether oxygens (including phenoxy) is 2. The van der Waals surface area contributed by atoms with Gasteiger partial charge < -0.3 is 20.5 Å². The van der Waals surface area contributed by atoms with Crippen molar-refractivity contribution in [2.24, 2.45) is 10.7 Å². The first-order valence-electron chi connectivity index (χ1n) is 10.7. The maximum Gasteiger partial charge on any atom is 0.193 e. The normalized spacial score (nSPS) is 14.8. The molecule has 0 amide bonds. The number of rotatable bonds is 8. The molecule has 0 aliphatic heterocycles. The summed E-state index contributed by atoms with van der Waals surface area (Å²) in [7, 11) is 5.47. The Morgan fingerprint density at radius 2 is 1.71 bits per heavy atom. The van der Waals surface area contributed by atoms with Gasteiger partial charge in [0.1, 0.15) is 0 Å². The van der Waals surface area contributed by atoms with Gasteiger partial charge in [-0.25, -0.2) is 4.99 Å². The number of nitrogens with one attached hydrogen (secondary N) is 1. The molecular formula is C24H35IN4O2. The van der Waals surface area contributed by atoms with Crippen molar-refractivity contribution in [3.63, 3.8) is 0 Å². The van der Waals surface area contributed by atoms with E-state index < -0.39 is 0 Å². The summed E-state index contributed by atoms with van der Waals surface area (Å²) in [5.41, 5.74) is 9.46. The van der Waals surface area contributed by atoms with E-state index in [0.717, 1.165) is 12.2 Å². The number of guanidine groups is 1. The Bertz CT molecular complexity index is 853. The molecule has 1 aliphatic rings. The summed E-state index contributed by atoms with van der Waals surface area (Å²) in [6.07, 6.45) is 6.68. The van der Waals surface area contributed by atoms with Crippen LogP contribution in [-0.4, -0.2) is 38.2 Å². The van der Waals surface area contributed by atoms with E-state index in [9.17, 15) is 0 Å². The third-order valence-corrected chi connectivity index (χ3v) is 5.81. The number of aliphatic imine (C=N–C) groups is 1. The van der Waals surface area contributed by atoms with Crippen molar-refractivity contribution in [2.75, 3.05) is 26.6 Å². The molecule has 6 nitrogen and oxygen atoms in total. The lowest BCUT2D eigenvalue weighted by atomic mass is 9.94. The lowest BCUT2D eigenvalue weighted by molar-refractivity contribution is 0.184. The summed E-state index contributed by atoms with van der Waals surface area (Å²) < 4.78 is 10.6. The van der Waals surface area contributed by atoms with E-state index in [2.05, 4.69) is 46.5 Å². The third-order valence-electron chi connectivity index (χ3n) is 5.81. The molecule has 0 saturated heterocycles. The van der Waals surface area contributed by atoms with Crippen LogP contribution in [0.1, 0.15) is 43.2 Å². The molecule has 0 radical (unpaired) electrons. The zero-order valence-electron chi connectivity index (χ0n) is 18.8. The van der Waals surface area contributed by atoms with Crippen molar-refractivity contribution in [2.45, 2.75) is 51.2 Å². The van der Waals surface area contributed by atoms with Gasteiger partial charge in [0.05, 0.1) is 20.8 Å².